The van der Waals surface area contributed by atoms with Gasteiger partial charge in [0.05, 0.1) is 6.54 Å². The van der Waals surface area contributed by atoms with Gasteiger partial charge in [0, 0.05) is 24.7 Å². The zero-order valence-electron chi connectivity index (χ0n) is 8.18. The van der Waals surface area contributed by atoms with Crippen molar-refractivity contribution in [2.24, 2.45) is 4.99 Å². The molecule has 0 aromatic heterocycles. The summed E-state index contributed by atoms with van der Waals surface area (Å²) in [6.45, 7) is 9.08. The van der Waals surface area contributed by atoms with Crippen LogP contribution in [-0.4, -0.2) is 24.2 Å². The molecule has 1 rings (SSSR count). The maximum absolute atomic E-state index is 4.17. The molecule has 1 aliphatic heterocycles. The Morgan fingerprint density at radius 1 is 1.36 bits per heavy atom. The van der Waals surface area contributed by atoms with Gasteiger partial charge in [0.25, 0.3) is 0 Å². The smallest absolute Gasteiger partial charge is 0.0554 e. The predicted molar refractivity (Wildman–Crippen MR) is 50.8 cm³/mol. The van der Waals surface area contributed by atoms with Crippen LogP contribution in [0.25, 0.3) is 0 Å². The van der Waals surface area contributed by atoms with E-state index in [9.17, 15) is 0 Å². The van der Waals surface area contributed by atoms with Crippen LogP contribution in [-0.2, 0) is 0 Å². The second kappa shape index (κ2) is 4.94. The molecule has 1 heterocycles. The fourth-order valence-corrected chi connectivity index (χ4v) is 0.811. The molecule has 0 aliphatic carbocycles. The summed E-state index contributed by atoms with van der Waals surface area (Å²) in [5.74, 6) is 0. The Balaban J connectivity index is 0.000000461. The highest BCUT2D eigenvalue weighted by Gasteiger charge is 2.03. The first kappa shape index (κ1) is 10.2. The van der Waals surface area contributed by atoms with Gasteiger partial charge in [-0.15, -0.1) is 0 Å². The van der Waals surface area contributed by atoms with Crippen molar-refractivity contribution in [3.8, 4) is 0 Å². The Bertz CT molecular complexity index is 168. The predicted octanol–water partition coefficient (Wildman–Crippen LogP) is 2.28. The van der Waals surface area contributed by atoms with E-state index >= 15 is 0 Å². The van der Waals surface area contributed by atoms with E-state index in [0.717, 1.165) is 6.54 Å². The van der Waals surface area contributed by atoms with Crippen LogP contribution in [0.3, 0.4) is 0 Å². The van der Waals surface area contributed by atoms with Crippen molar-refractivity contribution in [2.75, 3.05) is 13.6 Å². The van der Waals surface area contributed by atoms with Crippen LogP contribution in [0.5, 0.6) is 0 Å². The first-order chi connectivity index (χ1) is 5.20. The third kappa shape index (κ3) is 3.21. The van der Waals surface area contributed by atoms with Crippen LogP contribution < -0.4 is 0 Å². The summed E-state index contributed by atoms with van der Waals surface area (Å²) in [6.07, 6.45) is 1.90. The lowest BCUT2D eigenvalue weighted by molar-refractivity contribution is 0.470. The van der Waals surface area contributed by atoms with Crippen LogP contribution in [0, 0.1) is 0 Å². The van der Waals surface area contributed by atoms with E-state index in [0.29, 0.717) is 0 Å². The Labute approximate surface area is 69.6 Å². The van der Waals surface area contributed by atoms with Crippen LogP contribution in [0.2, 0.25) is 0 Å². The molecule has 0 atom stereocenters. The summed E-state index contributed by atoms with van der Waals surface area (Å²) in [7, 11) is 2.07. The fourth-order valence-electron chi connectivity index (χ4n) is 0.811. The Morgan fingerprint density at radius 3 is 2.27 bits per heavy atom. The molecular weight excluding hydrogens is 136 g/mol. The molecule has 11 heavy (non-hydrogen) atoms. The summed E-state index contributed by atoms with van der Waals surface area (Å²) in [5.41, 5.74) is 2.42. The molecule has 0 amide bonds. The number of nitrogens with zero attached hydrogens (tertiary/aromatic N) is 2. The molecule has 0 spiro atoms. The minimum Gasteiger partial charge on any atom is -0.371 e. The molecule has 64 valence electrons. The Morgan fingerprint density at radius 2 is 1.91 bits per heavy atom. The van der Waals surface area contributed by atoms with Crippen molar-refractivity contribution in [3.63, 3.8) is 0 Å². The Hall–Kier alpha value is -0.790. The van der Waals surface area contributed by atoms with Crippen LogP contribution in [0.4, 0.5) is 0 Å². The van der Waals surface area contributed by atoms with Gasteiger partial charge < -0.3 is 4.90 Å². The van der Waals surface area contributed by atoms with Crippen molar-refractivity contribution in [1.82, 2.24) is 4.90 Å². The standard InChI is InChI=1S/C7H12N2.C2H6/c1-6-5-9(3)7(2)4-8-6;1-2/h4H,5H2,1-3H3;1-2H3. The number of allylic oxidation sites excluding steroid dienone is 1. The fraction of sp³-hybridized carbons (Fsp3) is 0.667. The highest BCUT2D eigenvalue weighted by molar-refractivity contribution is 5.85. The molecule has 0 bridgehead atoms. The van der Waals surface area contributed by atoms with Gasteiger partial charge in [-0.2, -0.15) is 0 Å². The molecule has 2 nitrogen and oxygen atoms in total. The van der Waals surface area contributed by atoms with E-state index in [1.54, 1.807) is 0 Å². The average Bonchev–Trinajstić information content (AvgIpc) is 2.02. The zero-order chi connectivity index (χ0) is 8.85. The van der Waals surface area contributed by atoms with Crippen molar-refractivity contribution in [1.29, 1.82) is 0 Å². The highest BCUT2D eigenvalue weighted by atomic mass is 15.1. The van der Waals surface area contributed by atoms with Gasteiger partial charge in [0.1, 0.15) is 0 Å². The molecule has 0 aromatic carbocycles. The Kier molecular flexibility index (Phi) is 4.59. The lowest BCUT2D eigenvalue weighted by Gasteiger charge is -2.21. The van der Waals surface area contributed by atoms with Gasteiger partial charge >= 0.3 is 0 Å². The van der Waals surface area contributed by atoms with E-state index in [-0.39, 0.29) is 0 Å². The van der Waals surface area contributed by atoms with Crippen LogP contribution in [0.1, 0.15) is 27.7 Å². The van der Waals surface area contributed by atoms with E-state index in [1.165, 1.54) is 11.4 Å². The average molecular weight is 154 g/mol. The van der Waals surface area contributed by atoms with Crippen molar-refractivity contribution in [3.05, 3.63) is 11.9 Å². The quantitative estimate of drug-likeness (QED) is 0.522. The molecule has 1 aliphatic rings. The van der Waals surface area contributed by atoms with Gasteiger partial charge in [-0.3, -0.25) is 4.99 Å². The maximum atomic E-state index is 4.17. The molecule has 0 aromatic rings. The second-order valence-electron chi connectivity index (χ2n) is 2.49. The minimum atomic E-state index is 0.975. The number of hydrogen-bond donors (Lipinski definition) is 0. The molecule has 0 radical (unpaired) electrons. The third-order valence-corrected chi connectivity index (χ3v) is 1.54. The first-order valence-electron chi connectivity index (χ1n) is 4.11. The van der Waals surface area contributed by atoms with E-state index < -0.39 is 0 Å². The van der Waals surface area contributed by atoms with Crippen molar-refractivity contribution >= 4 is 5.71 Å². The summed E-state index contributed by atoms with van der Waals surface area (Å²) in [4.78, 5) is 6.36. The molecule has 0 fully saturated rings. The lowest BCUT2D eigenvalue weighted by atomic mass is 10.3. The largest absolute Gasteiger partial charge is 0.371 e. The molecule has 0 saturated carbocycles. The van der Waals surface area contributed by atoms with Crippen molar-refractivity contribution in [2.45, 2.75) is 27.7 Å². The first-order valence-corrected chi connectivity index (χ1v) is 4.11. The van der Waals surface area contributed by atoms with E-state index in [2.05, 4.69) is 23.9 Å². The normalized spacial score (nSPS) is 16.3. The number of aliphatic imine (C=N–C) groups is 1. The second-order valence-corrected chi connectivity index (χ2v) is 2.49. The number of hydrogen-bond acceptors (Lipinski definition) is 2. The molecule has 0 saturated heterocycles. The van der Waals surface area contributed by atoms with Gasteiger partial charge in [-0.25, -0.2) is 0 Å². The van der Waals surface area contributed by atoms with Crippen LogP contribution >= 0.6 is 0 Å². The summed E-state index contributed by atoms with van der Waals surface area (Å²) in [5, 5.41) is 0. The van der Waals surface area contributed by atoms with Gasteiger partial charge in [0.15, 0.2) is 0 Å². The van der Waals surface area contributed by atoms with Gasteiger partial charge in [-0.1, -0.05) is 13.8 Å². The van der Waals surface area contributed by atoms with Gasteiger partial charge in [0.2, 0.25) is 0 Å². The van der Waals surface area contributed by atoms with Gasteiger partial charge in [-0.05, 0) is 13.8 Å². The van der Waals surface area contributed by atoms with E-state index in [4.69, 9.17) is 0 Å². The van der Waals surface area contributed by atoms with Crippen LogP contribution in [0.15, 0.2) is 16.9 Å². The SMILES string of the molecule is CC.CC1=CN=C(C)CN1C. The summed E-state index contributed by atoms with van der Waals surface area (Å²) >= 11 is 0. The zero-order valence-corrected chi connectivity index (χ0v) is 8.18. The highest BCUT2D eigenvalue weighted by Crippen LogP contribution is 2.05. The summed E-state index contributed by atoms with van der Waals surface area (Å²) < 4.78 is 0. The van der Waals surface area contributed by atoms with Crippen molar-refractivity contribution < 1.29 is 0 Å². The summed E-state index contributed by atoms with van der Waals surface area (Å²) in [6, 6.07) is 0. The third-order valence-electron chi connectivity index (χ3n) is 1.54. The molecular formula is C9H18N2. The van der Waals surface area contributed by atoms with E-state index in [1.807, 2.05) is 27.0 Å². The lowest BCUT2D eigenvalue weighted by Crippen LogP contribution is -2.25. The molecule has 2 heteroatoms. The maximum Gasteiger partial charge on any atom is 0.0554 e. The topological polar surface area (TPSA) is 15.6 Å². The molecule has 0 unspecified atom stereocenters. The minimum absolute atomic E-state index is 0.975. The number of rotatable bonds is 0. The molecule has 0 N–H and O–H groups in total. The monoisotopic (exact) mass is 154 g/mol.